The Morgan fingerprint density at radius 3 is 2.67 bits per heavy atom. The van der Waals surface area contributed by atoms with Crippen LogP contribution in [-0.4, -0.2) is 46.5 Å². The Bertz CT molecular complexity index is 604. The van der Waals surface area contributed by atoms with Crippen molar-refractivity contribution in [2.75, 3.05) is 19.8 Å². The third-order valence-electron chi connectivity index (χ3n) is 3.68. The van der Waals surface area contributed by atoms with E-state index in [-0.39, 0.29) is 17.8 Å². The number of aromatic nitrogens is 2. The Morgan fingerprint density at radius 2 is 2.10 bits per heavy atom. The first-order valence-corrected chi connectivity index (χ1v) is 6.58. The maximum absolute atomic E-state index is 12.0. The number of aryl methyl sites for hydroxylation is 1. The molecule has 0 spiro atoms. The molecule has 0 atom stereocenters. The molecule has 2 heterocycles. The van der Waals surface area contributed by atoms with Gasteiger partial charge in [0.05, 0.1) is 5.41 Å². The molecule has 0 radical (unpaired) electrons. The van der Waals surface area contributed by atoms with E-state index in [4.69, 9.17) is 4.74 Å². The number of carboxylic acid groups (broad SMARTS) is 1. The van der Waals surface area contributed by atoms with Crippen molar-refractivity contribution in [3.8, 4) is 0 Å². The first-order valence-electron chi connectivity index (χ1n) is 6.58. The Kier molecular flexibility index (Phi) is 4.37. The molecule has 1 aliphatic heterocycles. The second-order valence-corrected chi connectivity index (χ2v) is 5.06. The van der Waals surface area contributed by atoms with E-state index in [0.717, 1.165) is 4.68 Å². The number of carboxylic acids is 1. The summed E-state index contributed by atoms with van der Waals surface area (Å²) in [7, 11) is 1.44. The molecule has 0 unspecified atom stereocenters. The molecule has 114 valence electrons. The van der Waals surface area contributed by atoms with Crippen LogP contribution < -0.4 is 10.9 Å². The Hall–Kier alpha value is -2.22. The van der Waals surface area contributed by atoms with Gasteiger partial charge in [-0.15, -0.1) is 0 Å². The van der Waals surface area contributed by atoms with Gasteiger partial charge in [0.25, 0.3) is 11.5 Å². The lowest BCUT2D eigenvalue weighted by atomic mass is 9.80. The minimum absolute atomic E-state index is 0.00898. The topological polar surface area (TPSA) is 111 Å². The van der Waals surface area contributed by atoms with E-state index in [9.17, 15) is 19.5 Å². The fraction of sp³-hybridized carbons (Fsp3) is 0.538. The largest absolute Gasteiger partial charge is 0.481 e. The summed E-state index contributed by atoms with van der Waals surface area (Å²) in [6.45, 7) is 0.732. The fourth-order valence-electron chi connectivity index (χ4n) is 2.19. The van der Waals surface area contributed by atoms with Crippen molar-refractivity contribution < 1.29 is 19.4 Å². The average molecular weight is 295 g/mol. The van der Waals surface area contributed by atoms with Crippen molar-refractivity contribution in [1.82, 2.24) is 15.1 Å². The molecule has 8 heteroatoms. The van der Waals surface area contributed by atoms with E-state index in [2.05, 4.69) is 10.4 Å². The number of rotatable bonds is 4. The van der Waals surface area contributed by atoms with Gasteiger partial charge >= 0.3 is 5.97 Å². The lowest BCUT2D eigenvalue weighted by Gasteiger charge is -2.33. The Morgan fingerprint density at radius 1 is 1.43 bits per heavy atom. The van der Waals surface area contributed by atoms with Crippen molar-refractivity contribution in [1.29, 1.82) is 0 Å². The molecule has 1 aromatic heterocycles. The van der Waals surface area contributed by atoms with E-state index in [1.807, 2.05) is 0 Å². The summed E-state index contributed by atoms with van der Waals surface area (Å²) in [5.41, 5.74) is -1.25. The highest BCUT2D eigenvalue weighted by Crippen LogP contribution is 2.30. The van der Waals surface area contributed by atoms with E-state index in [0.29, 0.717) is 26.1 Å². The zero-order chi connectivity index (χ0) is 15.5. The molecular weight excluding hydrogens is 278 g/mol. The van der Waals surface area contributed by atoms with Gasteiger partial charge in [-0.1, -0.05) is 0 Å². The van der Waals surface area contributed by atoms with Crippen molar-refractivity contribution in [2.24, 2.45) is 12.5 Å². The van der Waals surface area contributed by atoms with Crippen LogP contribution in [0, 0.1) is 5.41 Å². The van der Waals surface area contributed by atoms with Crippen LogP contribution in [0.5, 0.6) is 0 Å². The van der Waals surface area contributed by atoms with Crippen LogP contribution in [0.25, 0.3) is 0 Å². The lowest BCUT2D eigenvalue weighted by molar-refractivity contribution is -0.154. The number of ether oxygens (including phenoxy) is 1. The van der Waals surface area contributed by atoms with E-state index < -0.39 is 17.3 Å². The number of aliphatic carboxylic acids is 1. The molecule has 1 amide bonds. The van der Waals surface area contributed by atoms with Crippen LogP contribution in [0.1, 0.15) is 23.3 Å². The van der Waals surface area contributed by atoms with Crippen molar-refractivity contribution in [3.63, 3.8) is 0 Å². The second kappa shape index (κ2) is 6.04. The van der Waals surface area contributed by atoms with Gasteiger partial charge in [-0.25, -0.2) is 4.68 Å². The summed E-state index contributed by atoms with van der Waals surface area (Å²) in [5, 5.41) is 15.8. The molecule has 1 fully saturated rings. The van der Waals surface area contributed by atoms with Crippen LogP contribution in [0.2, 0.25) is 0 Å². The maximum atomic E-state index is 12.0. The van der Waals surface area contributed by atoms with E-state index in [1.54, 1.807) is 0 Å². The summed E-state index contributed by atoms with van der Waals surface area (Å²) in [4.78, 5) is 34.7. The van der Waals surface area contributed by atoms with Crippen LogP contribution >= 0.6 is 0 Å². The third kappa shape index (κ3) is 3.27. The predicted octanol–water partition coefficient (Wildman–Crippen LogP) is -0.608. The van der Waals surface area contributed by atoms with Gasteiger partial charge in [-0.3, -0.25) is 14.4 Å². The molecule has 8 nitrogen and oxygen atoms in total. The van der Waals surface area contributed by atoms with Gasteiger partial charge in [0, 0.05) is 32.9 Å². The standard InChI is InChI=1S/C13H17N3O5/c1-16-10(17)3-2-9(15-16)11(18)14-8-13(12(19)20)4-6-21-7-5-13/h2-3H,4-8H2,1H3,(H,14,18)(H,19,20). The summed E-state index contributed by atoms with van der Waals surface area (Å²) >= 11 is 0. The summed E-state index contributed by atoms with van der Waals surface area (Å²) in [6.07, 6.45) is 0.701. The number of amides is 1. The molecule has 1 saturated heterocycles. The fourth-order valence-corrected chi connectivity index (χ4v) is 2.19. The van der Waals surface area contributed by atoms with Crippen LogP contribution in [0.3, 0.4) is 0 Å². The molecule has 2 N–H and O–H groups in total. The van der Waals surface area contributed by atoms with Gasteiger partial charge in [-0.05, 0) is 18.9 Å². The molecular formula is C13H17N3O5. The number of carbonyl (C=O) groups is 2. The summed E-state index contributed by atoms with van der Waals surface area (Å²) < 4.78 is 6.22. The maximum Gasteiger partial charge on any atom is 0.311 e. The monoisotopic (exact) mass is 295 g/mol. The highest BCUT2D eigenvalue weighted by atomic mass is 16.5. The van der Waals surface area contributed by atoms with E-state index in [1.165, 1.54) is 19.2 Å². The third-order valence-corrected chi connectivity index (χ3v) is 3.68. The molecule has 2 rings (SSSR count). The van der Waals surface area contributed by atoms with E-state index >= 15 is 0 Å². The highest BCUT2D eigenvalue weighted by Gasteiger charge is 2.40. The number of hydrogen-bond acceptors (Lipinski definition) is 5. The number of nitrogens with zero attached hydrogens (tertiary/aromatic N) is 2. The average Bonchev–Trinajstić information content (AvgIpc) is 2.48. The van der Waals surface area contributed by atoms with Gasteiger partial charge in [-0.2, -0.15) is 5.10 Å². The smallest absolute Gasteiger partial charge is 0.311 e. The number of carbonyl (C=O) groups excluding carboxylic acids is 1. The lowest BCUT2D eigenvalue weighted by Crippen LogP contribution is -2.46. The zero-order valence-electron chi connectivity index (χ0n) is 11.7. The Balaban J connectivity index is 2.06. The minimum Gasteiger partial charge on any atom is -0.481 e. The molecule has 0 aromatic carbocycles. The van der Waals surface area contributed by atoms with Gasteiger partial charge in [0.2, 0.25) is 0 Å². The first kappa shape index (κ1) is 15.2. The second-order valence-electron chi connectivity index (χ2n) is 5.06. The van der Waals surface area contributed by atoms with Gasteiger partial charge < -0.3 is 15.2 Å². The quantitative estimate of drug-likeness (QED) is 0.767. The number of nitrogens with one attached hydrogen (secondary N) is 1. The van der Waals surface area contributed by atoms with Crippen molar-refractivity contribution in [3.05, 3.63) is 28.2 Å². The number of hydrogen-bond donors (Lipinski definition) is 2. The van der Waals surface area contributed by atoms with Gasteiger partial charge in [0.1, 0.15) is 5.69 Å². The molecule has 1 aliphatic rings. The van der Waals surface area contributed by atoms with Gasteiger partial charge in [0.15, 0.2) is 0 Å². The van der Waals surface area contributed by atoms with Crippen LogP contribution in [0.15, 0.2) is 16.9 Å². The molecule has 0 bridgehead atoms. The van der Waals surface area contributed by atoms with Crippen LogP contribution in [0.4, 0.5) is 0 Å². The Labute approximate surface area is 120 Å². The summed E-state index contributed by atoms with van der Waals surface area (Å²) in [6, 6.07) is 2.55. The van der Waals surface area contributed by atoms with Crippen LogP contribution in [-0.2, 0) is 16.6 Å². The predicted molar refractivity (Wildman–Crippen MR) is 71.9 cm³/mol. The minimum atomic E-state index is -1.01. The summed E-state index contributed by atoms with van der Waals surface area (Å²) in [5.74, 6) is -1.45. The normalized spacial score (nSPS) is 17.2. The zero-order valence-corrected chi connectivity index (χ0v) is 11.7. The highest BCUT2D eigenvalue weighted by molar-refractivity contribution is 5.92. The SMILES string of the molecule is Cn1nc(C(=O)NCC2(C(=O)O)CCOCC2)ccc1=O. The van der Waals surface area contributed by atoms with Crippen molar-refractivity contribution >= 4 is 11.9 Å². The molecule has 1 aromatic rings. The molecule has 0 saturated carbocycles. The van der Waals surface area contributed by atoms with Crippen molar-refractivity contribution in [2.45, 2.75) is 12.8 Å². The molecule has 0 aliphatic carbocycles. The molecule has 21 heavy (non-hydrogen) atoms. The first-order chi connectivity index (χ1) is 9.94.